The summed E-state index contributed by atoms with van der Waals surface area (Å²) in [5.74, 6) is 0.828. The van der Waals surface area contributed by atoms with Crippen molar-refractivity contribution in [3.05, 3.63) is 54.4 Å². The van der Waals surface area contributed by atoms with Gasteiger partial charge in [0.1, 0.15) is 13.0 Å². The van der Waals surface area contributed by atoms with E-state index in [4.69, 9.17) is 4.74 Å². The van der Waals surface area contributed by atoms with Gasteiger partial charge in [-0.2, -0.15) is 0 Å². The van der Waals surface area contributed by atoms with Crippen LogP contribution in [0.3, 0.4) is 0 Å². The van der Waals surface area contributed by atoms with Gasteiger partial charge in [-0.3, -0.25) is 14.6 Å². The molecule has 1 aromatic carbocycles. The third-order valence-corrected chi connectivity index (χ3v) is 7.37. The first-order valence-electron chi connectivity index (χ1n) is 11.5. The number of para-hydroxylation sites is 1. The van der Waals surface area contributed by atoms with Crippen molar-refractivity contribution in [1.82, 2.24) is 9.97 Å². The molecule has 4 rings (SSSR count). The molecule has 1 saturated carbocycles. The van der Waals surface area contributed by atoms with Gasteiger partial charge >= 0.3 is 0 Å². The Morgan fingerprint density at radius 1 is 1.09 bits per heavy atom. The fraction of sp³-hybridized carbons (Fsp3) is 0.308. The van der Waals surface area contributed by atoms with Gasteiger partial charge in [0.2, 0.25) is 5.91 Å². The zero-order valence-corrected chi connectivity index (χ0v) is 21.2. The molecule has 2 heterocycles. The average Bonchev–Trinajstić information content (AvgIpc) is 3.69. The maximum atomic E-state index is 12.6. The van der Waals surface area contributed by atoms with Gasteiger partial charge in [-0.1, -0.05) is 13.0 Å². The number of anilines is 3. The van der Waals surface area contributed by atoms with Crippen LogP contribution in [0.25, 0.3) is 11.3 Å². The number of pyridine rings is 2. The van der Waals surface area contributed by atoms with Crippen LogP contribution in [0.5, 0.6) is 5.75 Å². The summed E-state index contributed by atoms with van der Waals surface area (Å²) in [5.41, 5.74) is 2.98. The fourth-order valence-corrected chi connectivity index (χ4v) is 4.45. The van der Waals surface area contributed by atoms with Gasteiger partial charge < -0.3 is 19.9 Å². The Kier molecular flexibility index (Phi) is 7.03. The lowest BCUT2D eigenvalue weighted by molar-refractivity contribution is -0.117. The van der Waals surface area contributed by atoms with Crippen LogP contribution >= 0.6 is 7.14 Å². The smallest absolute Gasteiger partial charge is 0.228 e. The lowest BCUT2D eigenvalue weighted by Gasteiger charge is -2.17. The number of hydrogen-bond acceptors (Lipinski definition) is 7. The minimum atomic E-state index is -2.41. The summed E-state index contributed by atoms with van der Waals surface area (Å²) in [6, 6.07) is 10.9. The standard InChI is InChI=1S/C26H29N4O4P/c1-5-23(31)19-15-28-24(30-26(32)16-9-10-16)13-22(19)29-21-8-6-7-18(25(21)34-2)20-12-11-17(14-27-20)35(3,4)33/h6-8,11-16H,5,9-10H2,1-4H3,(H2,28,29,30,32). The molecule has 1 amide bonds. The number of hydrogen-bond donors (Lipinski definition) is 2. The number of aromatic nitrogens is 2. The summed E-state index contributed by atoms with van der Waals surface area (Å²) < 4.78 is 18.1. The minimum Gasteiger partial charge on any atom is -0.494 e. The predicted octanol–water partition coefficient (Wildman–Crippen LogP) is 5.09. The van der Waals surface area contributed by atoms with E-state index in [9.17, 15) is 14.2 Å². The van der Waals surface area contributed by atoms with E-state index >= 15 is 0 Å². The highest BCUT2D eigenvalue weighted by molar-refractivity contribution is 7.70. The van der Waals surface area contributed by atoms with Crippen molar-refractivity contribution in [2.24, 2.45) is 5.92 Å². The summed E-state index contributed by atoms with van der Waals surface area (Å²) in [6.07, 6.45) is 5.20. The quantitative estimate of drug-likeness (QED) is 0.316. The first-order chi connectivity index (χ1) is 16.7. The molecule has 35 heavy (non-hydrogen) atoms. The van der Waals surface area contributed by atoms with Gasteiger partial charge in [-0.05, 0) is 50.4 Å². The van der Waals surface area contributed by atoms with E-state index in [-0.39, 0.29) is 17.6 Å². The normalized spacial score (nSPS) is 13.3. The lowest BCUT2D eigenvalue weighted by atomic mass is 10.1. The Bertz CT molecular complexity index is 1310. The molecular formula is C26H29N4O4P. The number of Topliss-reactive ketones (excluding diaryl/α,β-unsaturated/α-hetero) is 1. The molecule has 0 bridgehead atoms. The van der Waals surface area contributed by atoms with E-state index in [1.165, 1.54) is 6.20 Å². The van der Waals surface area contributed by atoms with Crippen molar-refractivity contribution in [3.8, 4) is 17.0 Å². The fourth-order valence-electron chi connectivity index (χ4n) is 3.68. The number of ketones is 1. The SMILES string of the molecule is CCC(=O)c1cnc(NC(=O)C2CC2)cc1Nc1cccc(-c2ccc(P(C)(C)=O)cn2)c1OC. The monoisotopic (exact) mass is 492 g/mol. The molecule has 0 radical (unpaired) electrons. The van der Waals surface area contributed by atoms with Gasteiger partial charge in [-0.25, -0.2) is 4.98 Å². The molecule has 2 aromatic heterocycles. The molecule has 1 aliphatic rings. The number of methoxy groups -OCH3 is 1. The number of nitrogens with zero attached hydrogens (tertiary/aromatic N) is 2. The Balaban J connectivity index is 1.70. The number of amides is 1. The lowest BCUT2D eigenvalue weighted by Crippen LogP contribution is -2.15. The van der Waals surface area contributed by atoms with Crippen LogP contribution in [0.15, 0.2) is 48.8 Å². The molecule has 0 atom stereocenters. The molecule has 3 aromatic rings. The molecule has 8 nitrogen and oxygen atoms in total. The molecule has 0 aliphatic heterocycles. The largest absolute Gasteiger partial charge is 0.494 e. The molecule has 2 N–H and O–H groups in total. The number of carbonyl (C=O) groups excluding carboxylic acids is 2. The number of benzene rings is 1. The van der Waals surface area contributed by atoms with Crippen molar-refractivity contribution >= 4 is 41.3 Å². The van der Waals surface area contributed by atoms with E-state index in [0.29, 0.717) is 45.9 Å². The zero-order valence-electron chi connectivity index (χ0n) is 20.3. The van der Waals surface area contributed by atoms with Gasteiger partial charge in [0.05, 0.1) is 29.7 Å². The zero-order chi connectivity index (χ0) is 25.2. The van der Waals surface area contributed by atoms with Crippen LogP contribution in [-0.4, -0.2) is 42.1 Å². The van der Waals surface area contributed by atoms with Gasteiger partial charge in [-0.15, -0.1) is 0 Å². The molecule has 0 unspecified atom stereocenters. The highest BCUT2D eigenvalue weighted by Gasteiger charge is 2.30. The van der Waals surface area contributed by atoms with Crippen molar-refractivity contribution in [1.29, 1.82) is 0 Å². The molecule has 0 spiro atoms. The summed E-state index contributed by atoms with van der Waals surface area (Å²) in [6.45, 7) is 5.21. The Morgan fingerprint density at radius 2 is 1.86 bits per heavy atom. The molecule has 9 heteroatoms. The Morgan fingerprint density at radius 3 is 2.46 bits per heavy atom. The maximum absolute atomic E-state index is 12.6. The van der Waals surface area contributed by atoms with Crippen LogP contribution in [0, 0.1) is 5.92 Å². The van der Waals surface area contributed by atoms with E-state index in [0.717, 1.165) is 18.4 Å². The van der Waals surface area contributed by atoms with E-state index in [1.54, 1.807) is 39.6 Å². The Labute approximate surface area is 204 Å². The second-order valence-corrected chi connectivity index (χ2v) is 12.1. The number of ether oxygens (including phenoxy) is 1. The third-order valence-electron chi connectivity index (χ3n) is 5.86. The van der Waals surface area contributed by atoms with Crippen molar-refractivity contribution in [2.45, 2.75) is 26.2 Å². The van der Waals surface area contributed by atoms with E-state index in [1.807, 2.05) is 30.3 Å². The molecule has 1 aliphatic carbocycles. The molecule has 1 fully saturated rings. The topological polar surface area (TPSA) is 110 Å². The number of carbonyl (C=O) groups is 2. The summed E-state index contributed by atoms with van der Waals surface area (Å²) in [4.78, 5) is 33.6. The number of rotatable bonds is 9. The average molecular weight is 493 g/mol. The van der Waals surface area contributed by atoms with E-state index in [2.05, 4.69) is 20.6 Å². The molecular weight excluding hydrogens is 463 g/mol. The first kappa shape index (κ1) is 24.6. The van der Waals surface area contributed by atoms with Gasteiger partial charge in [0, 0.05) is 41.7 Å². The highest BCUT2D eigenvalue weighted by atomic mass is 31.2. The summed E-state index contributed by atoms with van der Waals surface area (Å²) in [7, 11) is -0.847. The van der Waals surface area contributed by atoms with Crippen LogP contribution in [0.2, 0.25) is 0 Å². The predicted molar refractivity (Wildman–Crippen MR) is 139 cm³/mol. The van der Waals surface area contributed by atoms with Crippen LogP contribution in [-0.2, 0) is 9.36 Å². The molecule has 182 valence electrons. The third kappa shape index (κ3) is 5.60. The minimum absolute atomic E-state index is 0.0372. The van der Waals surface area contributed by atoms with Crippen molar-refractivity contribution in [3.63, 3.8) is 0 Å². The number of nitrogens with one attached hydrogen (secondary N) is 2. The van der Waals surface area contributed by atoms with Crippen molar-refractivity contribution in [2.75, 3.05) is 31.1 Å². The molecule has 0 saturated heterocycles. The maximum Gasteiger partial charge on any atom is 0.228 e. The summed E-state index contributed by atoms with van der Waals surface area (Å²) in [5, 5.41) is 6.84. The van der Waals surface area contributed by atoms with Crippen LogP contribution in [0.1, 0.15) is 36.5 Å². The van der Waals surface area contributed by atoms with Crippen LogP contribution < -0.4 is 20.7 Å². The van der Waals surface area contributed by atoms with Crippen molar-refractivity contribution < 1.29 is 18.9 Å². The van der Waals surface area contributed by atoms with Gasteiger partial charge in [0.15, 0.2) is 11.5 Å². The summed E-state index contributed by atoms with van der Waals surface area (Å²) >= 11 is 0. The second-order valence-electron chi connectivity index (χ2n) is 8.92. The first-order valence-corrected chi connectivity index (χ1v) is 14.1. The van der Waals surface area contributed by atoms with Gasteiger partial charge in [0.25, 0.3) is 0 Å². The van der Waals surface area contributed by atoms with E-state index < -0.39 is 7.14 Å². The highest BCUT2D eigenvalue weighted by Crippen LogP contribution is 2.39. The van der Waals surface area contributed by atoms with Crippen LogP contribution in [0.4, 0.5) is 17.2 Å². The second kappa shape index (κ2) is 10.0. The Hall–Kier alpha value is -3.51.